The first kappa shape index (κ1) is 94.0. The number of carbonyl (C=O) groups is 2. The minimum atomic E-state index is -4.64. The summed E-state index contributed by atoms with van der Waals surface area (Å²) in [5.41, 5.74) is 0. The fraction of sp³-hybridized carbons (Fsp3) is 0.976. The Morgan fingerprint density at radius 3 is 0.674 bits per heavy atom. The second kappa shape index (κ2) is 77.2. The van der Waals surface area contributed by atoms with Crippen molar-refractivity contribution in [3.63, 3.8) is 0 Å². The third kappa shape index (κ3) is 81.9. The quantitative estimate of drug-likeness (QED) is 0.0256. The summed E-state index contributed by atoms with van der Waals surface area (Å²) >= 11 is 0. The van der Waals surface area contributed by atoms with Crippen LogP contribution in [0.4, 0.5) is 0 Å². The number of likely N-dealkylation sites (N-methyl/N-ethyl adjacent to an activating group) is 1. The zero-order valence-corrected chi connectivity index (χ0v) is 66.1. The van der Waals surface area contributed by atoms with Crippen molar-refractivity contribution in [1.29, 1.82) is 0 Å². The molecular formula is C85H170NO8P. The van der Waals surface area contributed by atoms with Crippen LogP contribution in [0.25, 0.3) is 0 Å². The Morgan fingerprint density at radius 1 is 0.284 bits per heavy atom. The summed E-state index contributed by atoms with van der Waals surface area (Å²) < 4.78 is 34.5. The Bertz CT molecular complexity index is 1560. The molecule has 0 fully saturated rings. The van der Waals surface area contributed by atoms with Gasteiger partial charge in [0.2, 0.25) is 0 Å². The number of carbonyl (C=O) groups excluding carboxylic acids is 2. The standard InChI is InChI=1S/C85H170NO8P/c1-6-8-10-12-14-16-18-20-22-24-26-28-30-32-34-36-38-39-40-41-42-43-44-45-46-48-50-52-54-56-58-60-62-64-66-68-70-72-74-76-78-85(88)94-83(82-93-95(89,90)92-80-79-86(3,4)5)81-91-84(87)77-75-73-71-69-67-65-63-61-59-57-55-53-51-49-47-37-35-33-31-29-27-25-23-21-19-17-15-13-11-9-7-2/h83H,6-82H2,1-5H3. The maximum absolute atomic E-state index is 12.9. The highest BCUT2D eigenvalue weighted by Crippen LogP contribution is 2.38. The molecule has 0 rings (SSSR count). The molecule has 0 aliphatic heterocycles. The van der Waals surface area contributed by atoms with Gasteiger partial charge >= 0.3 is 11.9 Å². The number of esters is 2. The fourth-order valence-corrected chi connectivity index (χ4v) is 14.5. The lowest BCUT2D eigenvalue weighted by Crippen LogP contribution is -2.37. The second-order valence-corrected chi connectivity index (χ2v) is 32.7. The number of phosphoric ester groups is 1. The molecule has 0 aliphatic rings. The largest absolute Gasteiger partial charge is 0.756 e. The third-order valence-electron chi connectivity index (χ3n) is 20.4. The summed E-state index contributed by atoms with van der Waals surface area (Å²) in [5.74, 6) is -0.799. The van der Waals surface area contributed by atoms with Gasteiger partial charge < -0.3 is 27.9 Å². The number of hydrogen-bond acceptors (Lipinski definition) is 8. The molecule has 0 aromatic carbocycles. The highest BCUT2D eigenvalue weighted by atomic mass is 31.2. The summed E-state index contributed by atoms with van der Waals surface area (Å²) in [6.07, 6.45) is 97.0. The number of unbranched alkanes of at least 4 members (excludes halogenated alkanes) is 69. The molecule has 2 atom stereocenters. The van der Waals surface area contributed by atoms with Gasteiger partial charge in [0.15, 0.2) is 6.10 Å². The van der Waals surface area contributed by atoms with E-state index >= 15 is 0 Å². The number of nitrogens with zero attached hydrogens (tertiary/aromatic N) is 1. The van der Waals surface area contributed by atoms with Crippen molar-refractivity contribution < 1.29 is 42.1 Å². The van der Waals surface area contributed by atoms with Crippen LogP contribution in [0.3, 0.4) is 0 Å². The second-order valence-electron chi connectivity index (χ2n) is 31.3. The molecule has 0 aromatic rings. The van der Waals surface area contributed by atoms with Crippen molar-refractivity contribution >= 4 is 19.8 Å². The maximum Gasteiger partial charge on any atom is 0.306 e. The van der Waals surface area contributed by atoms with Gasteiger partial charge in [-0.05, 0) is 12.8 Å². The molecule has 0 saturated carbocycles. The van der Waals surface area contributed by atoms with Crippen LogP contribution in [-0.2, 0) is 32.7 Å². The zero-order valence-electron chi connectivity index (χ0n) is 65.2. The van der Waals surface area contributed by atoms with Crippen molar-refractivity contribution in [3.05, 3.63) is 0 Å². The first-order chi connectivity index (χ1) is 46.5. The molecule has 0 bridgehead atoms. The van der Waals surface area contributed by atoms with E-state index < -0.39 is 26.5 Å². The Labute approximate surface area is 594 Å². The zero-order chi connectivity index (χ0) is 69.0. The van der Waals surface area contributed by atoms with Crippen LogP contribution in [0.2, 0.25) is 0 Å². The van der Waals surface area contributed by atoms with Crippen LogP contribution < -0.4 is 4.89 Å². The lowest BCUT2D eigenvalue weighted by molar-refractivity contribution is -0.870. The van der Waals surface area contributed by atoms with Crippen LogP contribution in [0.1, 0.15) is 483 Å². The van der Waals surface area contributed by atoms with E-state index in [4.69, 9.17) is 18.5 Å². The predicted octanol–water partition coefficient (Wildman–Crippen LogP) is 28.2. The van der Waals surface area contributed by atoms with Gasteiger partial charge in [-0.1, -0.05) is 457 Å². The van der Waals surface area contributed by atoms with Gasteiger partial charge in [-0.25, -0.2) is 0 Å². The molecule has 0 aromatic heterocycles. The molecule has 0 aliphatic carbocycles. The average Bonchev–Trinajstić information content (AvgIpc) is 2.15. The van der Waals surface area contributed by atoms with Crippen LogP contribution in [0, 0.1) is 0 Å². The Kier molecular flexibility index (Phi) is 76.4. The lowest BCUT2D eigenvalue weighted by Gasteiger charge is -2.28. The molecule has 0 saturated heterocycles. The van der Waals surface area contributed by atoms with Crippen molar-refractivity contribution in [1.82, 2.24) is 0 Å². The van der Waals surface area contributed by atoms with Gasteiger partial charge in [0, 0.05) is 12.8 Å². The maximum atomic E-state index is 12.9. The normalized spacial score (nSPS) is 12.9. The predicted molar refractivity (Wildman–Crippen MR) is 412 cm³/mol. The molecule has 95 heavy (non-hydrogen) atoms. The molecule has 0 spiro atoms. The highest BCUT2D eigenvalue weighted by Gasteiger charge is 2.22. The average molecular weight is 1370 g/mol. The number of rotatable bonds is 83. The summed E-state index contributed by atoms with van der Waals surface area (Å²) in [7, 11) is 1.20. The summed E-state index contributed by atoms with van der Waals surface area (Å²) in [6, 6.07) is 0. The van der Waals surface area contributed by atoms with Crippen LogP contribution in [-0.4, -0.2) is 70.0 Å². The minimum absolute atomic E-state index is 0.0246. The molecule has 0 heterocycles. The van der Waals surface area contributed by atoms with Gasteiger partial charge in [0.05, 0.1) is 27.7 Å². The SMILES string of the molecule is CCCCCCCCCCCCCCCCCCCCCCCCCCCCCCCCCCCCCCCCCCC(=O)OC(COC(=O)CCCCCCCCCCCCCCCCCCCCCCCCCCCCCCCCC)COP(=O)([O-])OCC[N+](C)(C)C. The number of hydrogen-bond donors (Lipinski definition) is 0. The van der Waals surface area contributed by atoms with Crippen LogP contribution in [0.5, 0.6) is 0 Å². The fourth-order valence-electron chi connectivity index (χ4n) is 13.8. The molecular weight excluding hydrogens is 1190 g/mol. The summed E-state index contributed by atoms with van der Waals surface area (Å²) in [4.78, 5) is 38.2. The molecule has 0 amide bonds. The third-order valence-corrected chi connectivity index (χ3v) is 21.3. The van der Waals surface area contributed by atoms with E-state index in [1.807, 2.05) is 21.1 Å². The Morgan fingerprint density at radius 2 is 0.474 bits per heavy atom. The Balaban J connectivity index is 3.83. The first-order valence-electron chi connectivity index (χ1n) is 43.2. The van der Waals surface area contributed by atoms with E-state index in [2.05, 4.69) is 13.8 Å². The van der Waals surface area contributed by atoms with Crippen molar-refractivity contribution in [2.75, 3.05) is 47.5 Å². The van der Waals surface area contributed by atoms with Crippen molar-refractivity contribution in [2.45, 2.75) is 489 Å². The lowest BCUT2D eigenvalue weighted by atomic mass is 10.0. The molecule has 568 valence electrons. The molecule has 9 nitrogen and oxygen atoms in total. The van der Waals surface area contributed by atoms with Crippen molar-refractivity contribution in [2.24, 2.45) is 0 Å². The van der Waals surface area contributed by atoms with E-state index in [0.717, 1.165) is 32.1 Å². The van der Waals surface area contributed by atoms with Gasteiger partial charge in [0.1, 0.15) is 19.8 Å². The monoisotopic (exact) mass is 1360 g/mol. The van der Waals surface area contributed by atoms with E-state index in [1.54, 1.807) is 0 Å². The van der Waals surface area contributed by atoms with Crippen LogP contribution in [0.15, 0.2) is 0 Å². The molecule has 0 N–H and O–H groups in total. The van der Waals surface area contributed by atoms with Gasteiger partial charge in [0.25, 0.3) is 7.82 Å². The smallest absolute Gasteiger partial charge is 0.306 e. The molecule has 0 radical (unpaired) electrons. The number of quaternary nitrogens is 1. The molecule has 10 heteroatoms. The first-order valence-corrected chi connectivity index (χ1v) is 44.7. The van der Waals surface area contributed by atoms with Crippen LogP contribution >= 0.6 is 7.82 Å². The summed E-state index contributed by atoms with van der Waals surface area (Å²) in [5, 5.41) is 0. The Hall–Kier alpha value is -0.990. The minimum Gasteiger partial charge on any atom is -0.756 e. The van der Waals surface area contributed by atoms with Crippen molar-refractivity contribution in [3.8, 4) is 0 Å². The van der Waals surface area contributed by atoms with Gasteiger partial charge in [-0.2, -0.15) is 0 Å². The van der Waals surface area contributed by atoms with Gasteiger partial charge in [-0.3, -0.25) is 14.2 Å². The molecule has 2 unspecified atom stereocenters. The highest BCUT2D eigenvalue weighted by molar-refractivity contribution is 7.45. The number of phosphoric acid groups is 1. The summed E-state index contributed by atoms with van der Waals surface area (Å²) in [6.45, 7) is 4.36. The van der Waals surface area contributed by atoms with E-state index in [-0.39, 0.29) is 32.0 Å². The van der Waals surface area contributed by atoms with E-state index in [9.17, 15) is 19.0 Å². The van der Waals surface area contributed by atoms with Gasteiger partial charge in [-0.15, -0.1) is 0 Å². The van der Waals surface area contributed by atoms with E-state index in [0.29, 0.717) is 17.4 Å². The number of ether oxygens (including phenoxy) is 2. The van der Waals surface area contributed by atoms with E-state index in [1.165, 1.54) is 417 Å². The topological polar surface area (TPSA) is 111 Å².